The molecule has 12 heteroatoms. The number of pyridine rings is 1. The van der Waals surface area contributed by atoms with Crippen LogP contribution in [0.15, 0.2) is 47.5 Å². The van der Waals surface area contributed by atoms with Gasteiger partial charge in [-0.05, 0) is 43.2 Å². The van der Waals surface area contributed by atoms with Crippen molar-refractivity contribution in [1.29, 1.82) is 5.41 Å². The highest BCUT2D eigenvalue weighted by atomic mass is 19.1. The number of nitrogen functional groups attached to an aromatic ring is 1. The largest absolute Gasteiger partial charge is 0.504 e. The molecule has 5 rings (SSSR count). The fourth-order valence-electron chi connectivity index (χ4n) is 4.42. The molecule has 2 aliphatic heterocycles. The summed E-state index contributed by atoms with van der Waals surface area (Å²) in [5, 5.41) is 19.6. The third-order valence-corrected chi connectivity index (χ3v) is 6.49. The minimum Gasteiger partial charge on any atom is -0.504 e. The van der Waals surface area contributed by atoms with Crippen LogP contribution in [0.3, 0.4) is 0 Å². The fraction of sp³-hybridized carbons (Fsp3) is 0.296. The van der Waals surface area contributed by atoms with Crippen molar-refractivity contribution in [1.82, 2.24) is 14.9 Å². The first-order valence-electron chi connectivity index (χ1n) is 12.6. The molecule has 1 fully saturated rings. The zero-order valence-electron chi connectivity index (χ0n) is 21.4. The quantitative estimate of drug-likeness (QED) is 0.245. The predicted molar refractivity (Wildman–Crippen MR) is 143 cm³/mol. The number of phenolic OH excluding ortho intramolecular Hbond substituents is 1. The van der Waals surface area contributed by atoms with Gasteiger partial charge in [0.25, 0.3) is 11.8 Å². The van der Waals surface area contributed by atoms with Crippen molar-refractivity contribution >= 4 is 17.4 Å². The molecule has 1 saturated heterocycles. The van der Waals surface area contributed by atoms with Crippen LogP contribution in [0.4, 0.5) is 14.5 Å². The highest BCUT2D eigenvalue weighted by molar-refractivity contribution is 6.00. The van der Waals surface area contributed by atoms with Crippen molar-refractivity contribution < 1.29 is 23.4 Å². The summed E-state index contributed by atoms with van der Waals surface area (Å²) in [4.78, 5) is 10.5. The number of aromatic nitrogens is 1. The van der Waals surface area contributed by atoms with Crippen LogP contribution in [-0.2, 0) is 0 Å². The molecule has 39 heavy (non-hydrogen) atoms. The second-order valence-electron chi connectivity index (χ2n) is 9.34. The first kappa shape index (κ1) is 26.2. The van der Waals surface area contributed by atoms with E-state index in [1.54, 1.807) is 23.2 Å². The summed E-state index contributed by atoms with van der Waals surface area (Å²) in [5.41, 5.74) is 8.89. The number of nitrogens with zero attached hydrogens (tertiary/aromatic N) is 4. The predicted octanol–water partition coefficient (Wildman–Crippen LogP) is 4.44. The number of likely N-dealkylation sites (N-methyl/N-ethyl adjacent to an activating group) is 1. The molecule has 0 saturated carbocycles. The topological polar surface area (TPSA) is 132 Å². The number of anilines is 1. The Labute approximate surface area is 224 Å². The summed E-state index contributed by atoms with van der Waals surface area (Å²) in [6.45, 7) is 2.67. The van der Waals surface area contributed by atoms with Crippen molar-refractivity contribution in [3.05, 3.63) is 65.2 Å². The number of phenols is 1. The molecule has 0 spiro atoms. The molecule has 10 nitrogen and oxygen atoms in total. The normalized spacial score (nSPS) is 15.7. The molecule has 0 aliphatic carbocycles. The van der Waals surface area contributed by atoms with Crippen LogP contribution >= 0.6 is 0 Å². The van der Waals surface area contributed by atoms with Gasteiger partial charge in [0.15, 0.2) is 11.5 Å². The van der Waals surface area contributed by atoms with Gasteiger partial charge in [0.1, 0.15) is 23.1 Å². The number of halogens is 2. The van der Waals surface area contributed by atoms with Crippen LogP contribution < -0.4 is 20.6 Å². The summed E-state index contributed by atoms with van der Waals surface area (Å²) in [5.74, 6) is -3.06. The van der Waals surface area contributed by atoms with E-state index in [4.69, 9.17) is 20.6 Å². The van der Waals surface area contributed by atoms with E-state index in [1.165, 1.54) is 18.2 Å². The molecule has 5 N–H and O–H groups in total. The maximum atomic E-state index is 15.7. The van der Waals surface area contributed by atoms with Crippen molar-refractivity contribution in [3.63, 3.8) is 0 Å². The van der Waals surface area contributed by atoms with E-state index in [0.717, 1.165) is 37.2 Å². The maximum Gasteiger partial charge on any atom is 0.261 e. The number of aliphatic imine (C=N–C) groups is 1. The lowest BCUT2D eigenvalue weighted by molar-refractivity contribution is 0.268. The van der Waals surface area contributed by atoms with Gasteiger partial charge < -0.3 is 30.6 Å². The number of nitrogens with two attached hydrogens (primary N) is 1. The number of hydrogen-bond acceptors (Lipinski definition) is 9. The van der Waals surface area contributed by atoms with Crippen molar-refractivity contribution in [2.24, 2.45) is 10.7 Å². The number of hydrazine groups is 1. The standard InChI is InChI=1S/C27H29F2N7O3/c1-35-13-10-32-25(35)17-6-5-7-18(14-17)38-26-21(28)23(34-36-11-3-2-4-12-36)22(29)27(33-26)39-20-15-16(24(30)31)8-9-19(20)37/h5-9,14-15,37H,2-4,10-13H2,1H3,(H3,30,31)(H,33,34). The van der Waals surface area contributed by atoms with Gasteiger partial charge in [0.2, 0.25) is 11.6 Å². The van der Waals surface area contributed by atoms with E-state index in [9.17, 15) is 5.11 Å². The van der Waals surface area contributed by atoms with Gasteiger partial charge in [0.05, 0.1) is 6.54 Å². The first-order valence-corrected chi connectivity index (χ1v) is 12.6. The number of benzene rings is 2. The van der Waals surface area contributed by atoms with E-state index < -0.39 is 29.1 Å². The number of aromatic hydroxyl groups is 1. The lowest BCUT2D eigenvalue weighted by atomic mass is 10.2. The summed E-state index contributed by atoms with van der Waals surface area (Å²) in [7, 11) is 1.93. The third-order valence-electron chi connectivity index (χ3n) is 6.49. The highest BCUT2D eigenvalue weighted by Crippen LogP contribution is 2.39. The van der Waals surface area contributed by atoms with Crippen LogP contribution in [0.25, 0.3) is 0 Å². The lowest BCUT2D eigenvalue weighted by Gasteiger charge is -2.28. The fourth-order valence-corrected chi connectivity index (χ4v) is 4.42. The van der Waals surface area contributed by atoms with Crippen molar-refractivity contribution in [2.45, 2.75) is 19.3 Å². The van der Waals surface area contributed by atoms with Gasteiger partial charge in [-0.3, -0.25) is 10.4 Å². The lowest BCUT2D eigenvalue weighted by Crippen LogP contribution is -2.35. The molecule has 0 bridgehead atoms. The van der Waals surface area contributed by atoms with Crippen LogP contribution in [0, 0.1) is 17.0 Å². The smallest absolute Gasteiger partial charge is 0.261 e. The molecular formula is C27H29F2N7O3. The zero-order chi connectivity index (χ0) is 27.5. The average molecular weight is 538 g/mol. The number of rotatable bonds is 8. The van der Waals surface area contributed by atoms with E-state index in [-0.39, 0.29) is 28.6 Å². The summed E-state index contributed by atoms with van der Waals surface area (Å²) >= 11 is 0. The number of ether oxygens (including phenoxy) is 2. The van der Waals surface area contributed by atoms with Gasteiger partial charge in [-0.15, -0.1) is 0 Å². The summed E-state index contributed by atoms with van der Waals surface area (Å²) in [6, 6.07) is 10.9. The number of piperidine rings is 1. The Bertz CT molecular complexity index is 1430. The molecule has 0 radical (unpaired) electrons. The Hall–Kier alpha value is -4.45. The SMILES string of the molecule is CN1CCN=C1c1cccc(Oc2nc(Oc3cc(C(=N)N)ccc3O)c(F)c(NN3CCCCC3)c2F)c1. The van der Waals surface area contributed by atoms with Gasteiger partial charge >= 0.3 is 0 Å². The average Bonchev–Trinajstić information content (AvgIpc) is 3.37. The Morgan fingerprint density at radius 1 is 1.03 bits per heavy atom. The monoisotopic (exact) mass is 537 g/mol. The molecule has 3 aromatic rings. The molecule has 3 heterocycles. The Balaban J connectivity index is 1.53. The molecule has 2 aliphatic rings. The minimum absolute atomic E-state index is 0.208. The van der Waals surface area contributed by atoms with E-state index in [2.05, 4.69) is 15.4 Å². The molecule has 0 amide bonds. The van der Waals surface area contributed by atoms with E-state index >= 15 is 8.78 Å². The van der Waals surface area contributed by atoms with Gasteiger partial charge in [-0.1, -0.05) is 18.6 Å². The molecule has 204 valence electrons. The maximum absolute atomic E-state index is 15.7. The molecule has 1 aromatic heterocycles. The van der Waals surface area contributed by atoms with Crippen LogP contribution in [0.5, 0.6) is 29.0 Å². The molecular weight excluding hydrogens is 508 g/mol. The van der Waals surface area contributed by atoms with Gasteiger partial charge in [-0.2, -0.15) is 13.8 Å². The number of nitrogens with one attached hydrogen (secondary N) is 2. The van der Waals surface area contributed by atoms with Crippen LogP contribution in [0.2, 0.25) is 0 Å². The Morgan fingerprint density at radius 3 is 2.46 bits per heavy atom. The summed E-state index contributed by atoms with van der Waals surface area (Å²) in [6.07, 6.45) is 2.79. The molecule has 0 unspecified atom stereocenters. The molecule has 2 aromatic carbocycles. The van der Waals surface area contributed by atoms with E-state index in [0.29, 0.717) is 19.6 Å². The second kappa shape index (κ2) is 11.1. The van der Waals surface area contributed by atoms with Crippen molar-refractivity contribution in [2.75, 3.05) is 38.7 Å². The highest BCUT2D eigenvalue weighted by Gasteiger charge is 2.27. The van der Waals surface area contributed by atoms with Gasteiger partial charge in [-0.25, -0.2) is 5.01 Å². The Morgan fingerprint density at radius 2 is 1.77 bits per heavy atom. The van der Waals surface area contributed by atoms with Crippen LogP contribution in [-0.4, -0.2) is 64.9 Å². The first-order chi connectivity index (χ1) is 18.8. The van der Waals surface area contributed by atoms with E-state index in [1.807, 2.05) is 18.0 Å². The minimum atomic E-state index is -1.10. The van der Waals surface area contributed by atoms with Gasteiger partial charge in [0, 0.05) is 37.8 Å². The van der Waals surface area contributed by atoms with Crippen LogP contribution in [0.1, 0.15) is 30.4 Å². The zero-order valence-corrected chi connectivity index (χ0v) is 21.4. The van der Waals surface area contributed by atoms with Crippen molar-refractivity contribution in [3.8, 4) is 29.0 Å². The Kier molecular flexibility index (Phi) is 7.46. The number of hydrogen-bond donors (Lipinski definition) is 4. The third kappa shape index (κ3) is 5.70. The number of amidine groups is 2. The summed E-state index contributed by atoms with van der Waals surface area (Å²) < 4.78 is 42.8. The molecule has 0 atom stereocenters. The second-order valence-corrected chi connectivity index (χ2v) is 9.34.